The predicted molar refractivity (Wildman–Crippen MR) is 111 cm³/mol. The molecule has 1 aromatic heterocycles. The van der Waals surface area contributed by atoms with Crippen LogP contribution in [0.2, 0.25) is 0 Å². The van der Waals surface area contributed by atoms with E-state index in [1.165, 1.54) is 11.8 Å². The molecular weight excluding hydrogens is 378 g/mol. The smallest absolute Gasteiger partial charge is 0.238 e. The summed E-state index contributed by atoms with van der Waals surface area (Å²) in [4.78, 5) is 13.0. The first-order valence-electron chi connectivity index (χ1n) is 8.28. The van der Waals surface area contributed by atoms with Gasteiger partial charge in [0.15, 0.2) is 5.11 Å². The van der Waals surface area contributed by atoms with Crippen molar-refractivity contribution in [3.63, 3.8) is 0 Å². The second kappa shape index (κ2) is 8.79. The Bertz CT molecular complexity index is 888. The fourth-order valence-electron chi connectivity index (χ4n) is 2.70. The first-order valence-corrected chi connectivity index (χ1v) is 9.91. The highest BCUT2D eigenvalue weighted by atomic mass is 32.2. The minimum atomic E-state index is -0.464. The highest BCUT2D eigenvalue weighted by Gasteiger charge is 2.23. The molecule has 2 N–H and O–H groups in total. The van der Waals surface area contributed by atoms with Crippen LogP contribution >= 0.6 is 24.0 Å². The number of thiocarbonyl (C=S) groups is 1. The summed E-state index contributed by atoms with van der Waals surface area (Å²) in [6.45, 7) is 1.81. The molecule has 0 aliphatic heterocycles. The summed E-state index contributed by atoms with van der Waals surface area (Å²) in [5.74, 6) is -0.0193. The summed E-state index contributed by atoms with van der Waals surface area (Å²) in [5.41, 5.74) is 4.76. The van der Waals surface area contributed by atoms with Crippen LogP contribution in [0.15, 0.2) is 65.8 Å². The number of rotatable bonds is 5. The summed E-state index contributed by atoms with van der Waals surface area (Å²) < 4.78 is 1.65. The van der Waals surface area contributed by atoms with Crippen molar-refractivity contribution in [3.05, 3.63) is 77.6 Å². The minimum absolute atomic E-state index is 0.190. The summed E-state index contributed by atoms with van der Waals surface area (Å²) in [6.07, 6.45) is 1.89. The lowest BCUT2D eigenvalue weighted by atomic mass is 9.90. The second-order valence-electron chi connectivity index (χ2n) is 5.75. The number of hydrogen-bond donors (Lipinski definition) is 2. The third-order valence-corrected chi connectivity index (χ3v) is 4.78. The Hall–Kier alpha value is -2.71. The van der Waals surface area contributed by atoms with Crippen LogP contribution in [0, 0.1) is 6.92 Å². The van der Waals surface area contributed by atoms with E-state index in [-0.39, 0.29) is 11.0 Å². The number of nitrogens with one attached hydrogen (secondary N) is 2. The van der Waals surface area contributed by atoms with E-state index in [1.807, 2.05) is 66.9 Å². The average molecular weight is 398 g/mol. The van der Waals surface area contributed by atoms with Crippen molar-refractivity contribution < 1.29 is 4.79 Å². The molecular formula is C19H19N5OS2. The third kappa shape index (κ3) is 4.53. The van der Waals surface area contributed by atoms with Gasteiger partial charge in [-0.15, -0.1) is 10.2 Å². The van der Waals surface area contributed by atoms with E-state index in [9.17, 15) is 4.79 Å². The summed E-state index contributed by atoms with van der Waals surface area (Å²) >= 11 is 6.77. The molecule has 1 heterocycles. The van der Waals surface area contributed by atoms with Crippen LogP contribution in [0.5, 0.6) is 0 Å². The number of aromatic nitrogens is 3. The van der Waals surface area contributed by atoms with Gasteiger partial charge in [-0.1, -0.05) is 72.4 Å². The molecule has 0 radical (unpaired) electrons. The number of carbonyl (C=O) groups is 1. The Balaban J connectivity index is 1.81. The molecule has 0 aliphatic carbocycles. The number of aryl methyl sites for hydroxylation is 1. The number of benzene rings is 2. The van der Waals surface area contributed by atoms with Crippen LogP contribution in [-0.2, 0) is 4.79 Å². The largest absolute Gasteiger partial charge is 0.301 e. The van der Waals surface area contributed by atoms with Gasteiger partial charge in [0.2, 0.25) is 11.1 Å². The minimum Gasteiger partial charge on any atom is -0.301 e. The Morgan fingerprint density at radius 1 is 1.04 bits per heavy atom. The van der Waals surface area contributed by atoms with Crippen molar-refractivity contribution in [1.82, 2.24) is 20.2 Å². The fraction of sp³-hybridized carbons (Fsp3) is 0.158. The van der Waals surface area contributed by atoms with Gasteiger partial charge in [0.05, 0.1) is 5.92 Å². The molecule has 8 heteroatoms. The lowest BCUT2D eigenvalue weighted by molar-refractivity contribution is -0.120. The highest BCUT2D eigenvalue weighted by molar-refractivity contribution is 7.98. The van der Waals surface area contributed by atoms with Crippen LogP contribution in [0.1, 0.15) is 22.9 Å². The molecule has 0 saturated carbocycles. The maximum absolute atomic E-state index is 13.0. The van der Waals surface area contributed by atoms with Gasteiger partial charge in [-0.3, -0.25) is 10.2 Å². The van der Waals surface area contributed by atoms with E-state index >= 15 is 0 Å². The zero-order chi connectivity index (χ0) is 19.2. The quantitative estimate of drug-likeness (QED) is 0.509. The van der Waals surface area contributed by atoms with E-state index in [0.717, 1.165) is 11.1 Å². The number of hydrogen-bond acceptors (Lipinski definition) is 5. The number of nitrogens with zero attached hydrogens (tertiary/aromatic N) is 3. The van der Waals surface area contributed by atoms with E-state index in [0.29, 0.717) is 11.0 Å². The first kappa shape index (κ1) is 19.1. The topological polar surface area (TPSA) is 71.8 Å². The van der Waals surface area contributed by atoms with Crippen molar-refractivity contribution in [3.8, 4) is 0 Å². The zero-order valence-electron chi connectivity index (χ0n) is 14.9. The van der Waals surface area contributed by atoms with E-state index in [1.54, 1.807) is 11.6 Å². The lowest BCUT2D eigenvalue weighted by Gasteiger charge is -2.19. The van der Waals surface area contributed by atoms with Crippen LogP contribution in [0.25, 0.3) is 0 Å². The summed E-state index contributed by atoms with van der Waals surface area (Å²) in [6, 6.07) is 19.3. The first-order chi connectivity index (χ1) is 13.1. The summed E-state index contributed by atoms with van der Waals surface area (Å²) in [5, 5.41) is 11.7. The number of thioether (sulfide) groups is 1. The lowest BCUT2D eigenvalue weighted by Crippen LogP contribution is -2.41. The van der Waals surface area contributed by atoms with Crippen LogP contribution in [0.3, 0.4) is 0 Å². The Morgan fingerprint density at radius 3 is 2.11 bits per heavy atom. The monoisotopic (exact) mass is 397 g/mol. The molecule has 3 rings (SSSR count). The zero-order valence-corrected chi connectivity index (χ0v) is 16.6. The molecule has 27 heavy (non-hydrogen) atoms. The second-order valence-corrected chi connectivity index (χ2v) is 6.94. The van der Waals surface area contributed by atoms with Gasteiger partial charge in [-0.25, -0.2) is 4.68 Å². The molecule has 0 spiro atoms. The van der Waals surface area contributed by atoms with Gasteiger partial charge in [-0.2, -0.15) is 0 Å². The van der Waals surface area contributed by atoms with Crippen molar-refractivity contribution in [2.24, 2.45) is 0 Å². The number of carbonyl (C=O) groups excluding carboxylic acids is 1. The maximum atomic E-state index is 13.0. The van der Waals surface area contributed by atoms with Gasteiger partial charge in [-0.05, 0) is 36.5 Å². The standard InChI is InChI=1S/C19H19N5OS2/c1-13-21-22-19(27-2)24(13)23-18(26)20-17(25)16(14-9-5-3-6-10-14)15-11-7-4-8-12-15/h3-12,16H,1-2H3,(H2,20,23,25,26). The van der Waals surface area contributed by atoms with E-state index in [2.05, 4.69) is 20.9 Å². The van der Waals surface area contributed by atoms with Gasteiger partial charge in [0, 0.05) is 0 Å². The predicted octanol–water partition coefficient (Wildman–Crippen LogP) is 3.09. The molecule has 0 fully saturated rings. The fourth-order valence-corrected chi connectivity index (χ4v) is 3.38. The average Bonchev–Trinajstić information content (AvgIpc) is 3.03. The van der Waals surface area contributed by atoms with Gasteiger partial charge in [0.25, 0.3) is 0 Å². The molecule has 0 saturated heterocycles. The summed E-state index contributed by atoms with van der Waals surface area (Å²) in [7, 11) is 0. The maximum Gasteiger partial charge on any atom is 0.238 e. The Kier molecular flexibility index (Phi) is 6.20. The molecule has 138 valence electrons. The highest BCUT2D eigenvalue weighted by Crippen LogP contribution is 2.24. The van der Waals surface area contributed by atoms with Crippen molar-refractivity contribution in [1.29, 1.82) is 0 Å². The van der Waals surface area contributed by atoms with Crippen molar-refractivity contribution >= 4 is 35.0 Å². The Morgan fingerprint density at radius 2 is 1.59 bits per heavy atom. The molecule has 6 nitrogen and oxygen atoms in total. The van der Waals surface area contributed by atoms with E-state index in [4.69, 9.17) is 12.2 Å². The van der Waals surface area contributed by atoms with Gasteiger partial charge < -0.3 is 5.32 Å². The molecule has 0 aliphatic rings. The number of amides is 1. The molecule has 3 aromatic rings. The molecule has 2 aromatic carbocycles. The van der Waals surface area contributed by atoms with Crippen molar-refractivity contribution in [2.75, 3.05) is 11.7 Å². The van der Waals surface area contributed by atoms with Gasteiger partial charge in [0.1, 0.15) is 5.82 Å². The van der Waals surface area contributed by atoms with Crippen LogP contribution in [0.4, 0.5) is 0 Å². The molecule has 0 bridgehead atoms. The van der Waals surface area contributed by atoms with Gasteiger partial charge >= 0.3 is 0 Å². The van der Waals surface area contributed by atoms with E-state index < -0.39 is 5.92 Å². The van der Waals surface area contributed by atoms with Crippen LogP contribution in [-0.4, -0.2) is 32.1 Å². The normalized spacial score (nSPS) is 10.6. The molecule has 1 amide bonds. The molecule has 0 unspecified atom stereocenters. The molecule has 0 atom stereocenters. The SMILES string of the molecule is CSc1nnc(C)n1NC(=S)NC(=O)C(c1ccccc1)c1ccccc1. The third-order valence-electron chi connectivity index (χ3n) is 3.96. The Labute approximate surface area is 167 Å². The van der Waals surface area contributed by atoms with Crippen molar-refractivity contribution in [2.45, 2.75) is 18.0 Å². The van der Waals surface area contributed by atoms with Crippen LogP contribution < -0.4 is 10.7 Å².